The molecule has 6 heteroatoms. The predicted octanol–water partition coefficient (Wildman–Crippen LogP) is 2.52. The fourth-order valence-corrected chi connectivity index (χ4v) is 2.10. The normalized spacial score (nSPS) is 10.4. The van der Waals surface area contributed by atoms with E-state index < -0.39 is 0 Å². The Morgan fingerprint density at radius 1 is 1.22 bits per heavy atom. The van der Waals surface area contributed by atoms with Crippen molar-refractivity contribution in [1.29, 1.82) is 0 Å². The minimum Gasteiger partial charge on any atom is -0.383 e. The summed E-state index contributed by atoms with van der Waals surface area (Å²) in [6.07, 6.45) is 0. The molecule has 0 aliphatic heterocycles. The van der Waals surface area contributed by atoms with Crippen molar-refractivity contribution in [2.24, 2.45) is 0 Å². The minimum absolute atomic E-state index is 0.239. The molecule has 0 saturated heterocycles. The third kappa shape index (κ3) is 4.50. The van der Waals surface area contributed by atoms with Gasteiger partial charge < -0.3 is 15.4 Å². The van der Waals surface area contributed by atoms with Gasteiger partial charge in [0.2, 0.25) is 5.95 Å². The van der Waals surface area contributed by atoms with Gasteiger partial charge in [0.25, 0.3) is 5.91 Å². The average molecular weight is 314 g/mol. The Bertz CT molecular complexity index is 701. The largest absolute Gasteiger partial charge is 0.383 e. The van der Waals surface area contributed by atoms with E-state index in [1.54, 1.807) is 13.2 Å². The van der Waals surface area contributed by atoms with Gasteiger partial charge >= 0.3 is 0 Å². The standard InChI is InChI=1S/C17H22N4O2/c1-11-6-5-7-14(13(11)3)20-17-19-12(2)10-15(21-17)16(22)18-8-9-23-4/h5-7,10H,8-9H2,1-4H3,(H,18,22)(H,19,20,21). The fraction of sp³-hybridized carbons (Fsp3) is 0.353. The minimum atomic E-state index is -0.239. The first-order valence-electron chi connectivity index (χ1n) is 7.47. The van der Waals surface area contributed by atoms with E-state index in [1.165, 1.54) is 5.56 Å². The Kier molecular flexibility index (Phi) is 5.65. The summed E-state index contributed by atoms with van der Waals surface area (Å²) >= 11 is 0. The summed E-state index contributed by atoms with van der Waals surface area (Å²) in [6.45, 7) is 6.82. The van der Waals surface area contributed by atoms with Crippen molar-refractivity contribution in [2.45, 2.75) is 20.8 Å². The number of anilines is 2. The number of aromatic nitrogens is 2. The molecule has 0 aliphatic carbocycles. The van der Waals surface area contributed by atoms with Crippen LogP contribution in [0.4, 0.5) is 11.6 Å². The van der Waals surface area contributed by atoms with Crippen LogP contribution in [0.1, 0.15) is 27.3 Å². The lowest BCUT2D eigenvalue weighted by Gasteiger charge is -2.12. The van der Waals surface area contributed by atoms with E-state index in [0.717, 1.165) is 16.9 Å². The van der Waals surface area contributed by atoms with E-state index in [0.29, 0.717) is 24.8 Å². The molecule has 2 aromatic rings. The molecular weight excluding hydrogens is 292 g/mol. The first-order valence-corrected chi connectivity index (χ1v) is 7.47. The Morgan fingerprint density at radius 2 is 2.00 bits per heavy atom. The summed E-state index contributed by atoms with van der Waals surface area (Å²) in [5, 5.41) is 5.95. The Morgan fingerprint density at radius 3 is 2.74 bits per heavy atom. The SMILES string of the molecule is COCCNC(=O)c1cc(C)nc(Nc2cccc(C)c2C)n1. The zero-order chi connectivity index (χ0) is 16.8. The summed E-state index contributed by atoms with van der Waals surface area (Å²) in [5.41, 5.74) is 4.30. The van der Waals surface area contributed by atoms with Crippen molar-refractivity contribution in [3.05, 3.63) is 46.8 Å². The number of nitrogens with zero attached hydrogens (tertiary/aromatic N) is 2. The molecule has 0 saturated carbocycles. The highest BCUT2D eigenvalue weighted by molar-refractivity contribution is 5.92. The summed E-state index contributed by atoms with van der Waals surface area (Å²) in [7, 11) is 1.59. The van der Waals surface area contributed by atoms with Crippen LogP contribution < -0.4 is 10.6 Å². The first kappa shape index (κ1) is 16.9. The molecule has 0 atom stereocenters. The van der Waals surface area contributed by atoms with Gasteiger partial charge in [-0.25, -0.2) is 9.97 Å². The Hall–Kier alpha value is -2.47. The van der Waals surface area contributed by atoms with Crippen molar-refractivity contribution in [1.82, 2.24) is 15.3 Å². The van der Waals surface area contributed by atoms with E-state index >= 15 is 0 Å². The molecule has 1 heterocycles. The number of amides is 1. The summed E-state index contributed by atoms with van der Waals surface area (Å²) in [4.78, 5) is 20.8. The molecule has 1 amide bonds. The molecule has 1 aromatic heterocycles. The van der Waals surface area contributed by atoms with Crippen molar-refractivity contribution in [2.75, 3.05) is 25.6 Å². The monoisotopic (exact) mass is 314 g/mol. The highest BCUT2D eigenvalue weighted by Gasteiger charge is 2.11. The topological polar surface area (TPSA) is 76.1 Å². The van der Waals surface area contributed by atoms with Crippen molar-refractivity contribution in [3.63, 3.8) is 0 Å². The number of rotatable bonds is 6. The summed E-state index contributed by atoms with van der Waals surface area (Å²) in [6, 6.07) is 7.65. The van der Waals surface area contributed by atoms with Crippen LogP contribution in [-0.2, 0) is 4.74 Å². The second-order valence-electron chi connectivity index (χ2n) is 5.34. The molecule has 0 bridgehead atoms. The maximum Gasteiger partial charge on any atom is 0.270 e. The van der Waals surface area contributed by atoms with Gasteiger partial charge in [0.05, 0.1) is 6.61 Å². The quantitative estimate of drug-likeness (QED) is 0.801. The molecule has 122 valence electrons. The number of carbonyl (C=O) groups excluding carboxylic acids is 1. The van der Waals surface area contributed by atoms with Crippen molar-refractivity contribution < 1.29 is 9.53 Å². The third-order valence-electron chi connectivity index (χ3n) is 3.53. The second kappa shape index (κ2) is 7.69. The predicted molar refractivity (Wildman–Crippen MR) is 90.2 cm³/mol. The molecule has 23 heavy (non-hydrogen) atoms. The third-order valence-corrected chi connectivity index (χ3v) is 3.53. The van der Waals surface area contributed by atoms with E-state index in [9.17, 15) is 4.79 Å². The Balaban J connectivity index is 2.20. The van der Waals surface area contributed by atoms with Gasteiger partial charge in [-0.3, -0.25) is 4.79 Å². The maximum atomic E-state index is 12.1. The van der Waals surface area contributed by atoms with Gasteiger partial charge in [0, 0.05) is 25.0 Å². The average Bonchev–Trinajstić information content (AvgIpc) is 2.51. The van der Waals surface area contributed by atoms with E-state index in [-0.39, 0.29) is 5.91 Å². The zero-order valence-corrected chi connectivity index (χ0v) is 13.9. The molecule has 2 N–H and O–H groups in total. The number of hydrogen-bond acceptors (Lipinski definition) is 5. The van der Waals surface area contributed by atoms with Crippen LogP contribution in [0.2, 0.25) is 0 Å². The number of aryl methyl sites for hydroxylation is 2. The van der Waals surface area contributed by atoms with Gasteiger partial charge in [-0.05, 0) is 44.0 Å². The van der Waals surface area contributed by atoms with Gasteiger partial charge in [-0.1, -0.05) is 12.1 Å². The van der Waals surface area contributed by atoms with Crippen molar-refractivity contribution >= 4 is 17.5 Å². The van der Waals surface area contributed by atoms with Crippen LogP contribution in [0.25, 0.3) is 0 Å². The molecule has 6 nitrogen and oxygen atoms in total. The number of nitrogens with one attached hydrogen (secondary N) is 2. The van der Waals surface area contributed by atoms with Crippen molar-refractivity contribution in [3.8, 4) is 0 Å². The second-order valence-corrected chi connectivity index (χ2v) is 5.34. The molecular formula is C17H22N4O2. The Labute approximate surface area is 136 Å². The lowest BCUT2D eigenvalue weighted by molar-refractivity contribution is 0.0932. The smallest absolute Gasteiger partial charge is 0.270 e. The van der Waals surface area contributed by atoms with Crippen LogP contribution in [0.3, 0.4) is 0 Å². The van der Waals surface area contributed by atoms with Gasteiger partial charge in [0.1, 0.15) is 5.69 Å². The van der Waals surface area contributed by atoms with Crippen LogP contribution in [0.5, 0.6) is 0 Å². The lowest BCUT2D eigenvalue weighted by Crippen LogP contribution is -2.28. The van der Waals surface area contributed by atoms with E-state index in [4.69, 9.17) is 4.74 Å². The molecule has 0 unspecified atom stereocenters. The number of methoxy groups -OCH3 is 1. The van der Waals surface area contributed by atoms with E-state index in [2.05, 4.69) is 20.6 Å². The first-order chi connectivity index (χ1) is 11.0. The van der Waals surface area contributed by atoms with Crippen LogP contribution in [-0.4, -0.2) is 36.1 Å². The number of ether oxygens (including phenoxy) is 1. The molecule has 0 fully saturated rings. The molecule has 2 rings (SSSR count). The molecule has 0 radical (unpaired) electrons. The van der Waals surface area contributed by atoms with Crippen LogP contribution in [0, 0.1) is 20.8 Å². The molecule has 1 aromatic carbocycles. The number of carbonyl (C=O) groups is 1. The molecule has 0 spiro atoms. The number of benzene rings is 1. The highest BCUT2D eigenvalue weighted by atomic mass is 16.5. The maximum absolute atomic E-state index is 12.1. The lowest BCUT2D eigenvalue weighted by atomic mass is 10.1. The molecule has 0 aliphatic rings. The summed E-state index contributed by atoms with van der Waals surface area (Å²) < 4.78 is 4.92. The van der Waals surface area contributed by atoms with Crippen LogP contribution >= 0.6 is 0 Å². The highest BCUT2D eigenvalue weighted by Crippen LogP contribution is 2.21. The van der Waals surface area contributed by atoms with Gasteiger partial charge in [-0.15, -0.1) is 0 Å². The fourth-order valence-electron chi connectivity index (χ4n) is 2.10. The van der Waals surface area contributed by atoms with Crippen LogP contribution in [0.15, 0.2) is 24.3 Å². The zero-order valence-electron chi connectivity index (χ0n) is 13.9. The summed E-state index contributed by atoms with van der Waals surface area (Å²) in [5.74, 6) is 0.173. The van der Waals surface area contributed by atoms with Gasteiger partial charge in [-0.2, -0.15) is 0 Å². The van der Waals surface area contributed by atoms with Gasteiger partial charge in [0.15, 0.2) is 0 Å². The number of hydrogen-bond donors (Lipinski definition) is 2. The van der Waals surface area contributed by atoms with E-state index in [1.807, 2.05) is 39.0 Å².